The fraction of sp³-hybridized carbons (Fsp3) is 0.214. The van der Waals surface area contributed by atoms with E-state index in [1.165, 1.54) is 12.1 Å². The summed E-state index contributed by atoms with van der Waals surface area (Å²) >= 11 is 0. The van der Waals surface area contributed by atoms with Gasteiger partial charge in [-0.15, -0.1) is 0 Å². The molecule has 36 heavy (non-hydrogen) atoms. The first-order chi connectivity index (χ1) is 17.4. The van der Waals surface area contributed by atoms with Crippen molar-refractivity contribution in [3.05, 3.63) is 111 Å². The highest BCUT2D eigenvalue weighted by molar-refractivity contribution is 5.97. The number of benzene rings is 3. The van der Waals surface area contributed by atoms with Crippen LogP contribution < -0.4 is 0 Å². The van der Waals surface area contributed by atoms with Crippen molar-refractivity contribution in [3.63, 3.8) is 0 Å². The molecule has 2 amide bonds. The van der Waals surface area contributed by atoms with Crippen LogP contribution in [0.5, 0.6) is 0 Å². The number of aryl methyl sites for hydroxylation is 1. The number of hydrogen-bond donors (Lipinski definition) is 1. The third-order valence-electron chi connectivity index (χ3n) is 7.23. The Morgan fingerprint density at radius 2 is 1.81 bits per heavy atom. The number of amides is 2. The summed E-state index contributed by atoms with van der Waals surface area (Å²) in [4.78, 5) is 45.2. The highest BCUT2D eigenvalue weighted by atomic mass is 16.6. The molecular weight excluding hydrogens is 456 g/mol. The fourth-order valence-electron chi connectivity index (χ4n) is 5.53. The van der Waals surface area contributed by atoms with Gasteiger partial charge in [0.15, 0.2) is 0 Å². The molecule has 2 aliphatic heterocycles. The number of H-pyrrole nitrogens is 1. The zero-order chi connectivity index (χ0) is 25.0. The molecular formula is C28H24N4O4. The molecule has 6 rings (SSSR count). The molecule has 0 bridgehead atoms. The van der Waals surface area contributed by atoms with Crippen LogP contribution in [0.3, 0.4) is 0 Å². The number of carbonyl (C=O) groups excluding carboxylic acids is 2. The largest absolute Gasteiger partial charge is 0.356 e. The molecule has 2 aliphatic rings. The molecule has 3 aromatic carbocycles. The number of fused-ring (bicyclic) bond motifs is 4. The molecule has 8 nitrogen and oxygen atoms in total. The third kappa shape index (κ3) is 3.53. The van der Waals surface area contributed by atoms with Crippen molar-refractivity contribution in [2.24, 2.45) is 0 Å². The quantitative estimate of drug-likeness (QED) is 0.348. The van der Waals surface area contributed by atoms with Gasteiger partial charge in [-0.3, -0.25) is 19.7 Å². The number of rotatable bonds is 4. The van der Waals surface area contributed by atoms with E-state index < -0.39 is 17.0 Å². The average Bonchev–Trinajstić information content (AvgIpc) is 3.25. The van der Waals surface area contributed by atoms with Gasteiger partial charge in [0, 0.05) is 41.7 Å². The Bertz CT molecular complexity index is 1520. The Labute approximate surface area is 207 Å². The Morgan fingerprint density at radius 1 is 1.03 bits per heavy atom. The van der Waals surface area contributed by atoms with Gasteiger partial charge in [-0.25, -0.2) is 0 Å². The Hall–Kier alpha value is -4.46. The lowest BCUT2D eigenvalue weighted by atomic mass is 9.86. The first-order valence-corrected chi connectivity index (χ1v) is 11.9. The number of nitro groups is 1. The first-order valence-electron chi connectivity index (χ1n) is 11.9. The summed E-state index contributed by atoms with van der Waals surface area (Å²) in [7, 11) is 0. The smallest absolute Gasteiger partial charge is 0.269 e. The van der Waals surface area contributed by atoms with Crippen LogP contribution in [0, 0.1) is 17.0 Å². The summed E-state index contributed by atoms with van der Waals surface area (Å²) in [6.45, 7) is 2.33. The van der Waals surface area contributed by atoms with Gasteiger partial charge in [0.25, 0.3) is 5.69 Å². The van der Waals surface area contributed by atoms with Gasteiger partial charge in [-0.05, 0) is 29.7 Å². The number of aromatic amines is 1. The second-order valence-corrected chi connectivity index (χ2v) is 9.52. The summed E-state index contributed by atoms with van der Waals surface area (Å²) < 4.78 is 0. The maximum Gasteiger partial charge on any atom is 0.269 e. The van der Waals surface area contributed by atoms with Gasteiger partial charge in [-0.2, -0.15) is 0 Å². The van der Waals surface area contributed by atoms with Gasteiger partial charge in [-0.1, -0.05) is 60.2 Å². The molecule has 0 radical (unpaired) electrons. The number of aromatic nitrogens is 1. The third-order valence-corrected chi connectivity index (χ3v) is 7.23. The van der Waals surface area contributed by atoms with Crippen LogP contribution >= 0.6 is 0 Å². The summed E-state index contributed by atoms with van der Waals surface area (Å²) in [5, 5.41) is 12.5. The minimum atomic E-state index is -0.687. The van der Waals surface area contributed by atoms with Gasteiger partial charge in [0.05, 0.1) is 11.0 Å². The molecule has 1 aromatic heterocycles. The molecule has 1 unspecified atom stereocenters. The Balaban J connectivity index is 1.46. The van der Waals surface area contributed by atoms with E-state index in [1.807, 2.05) is 55.5 Å². The standard InChI is InChI=1S/C28H24N4O4/c1-17-9-11-18(12-10-17)15-30-16-25(33)31-24(28(30)34)14-22-21-7-2-3-8-23(21)29-26(22)27(31)19-5-4-6-20(13-19)32(35)36/h2-13,24,27,29H,14-16H2,1H3/t24-,27?/m0/s1. The van der Waals surface area contributed by atoms with E-state index >= 15 is 0 Å². The number of piperazine rings is 1. The number of hydrogen-bond acceptors (Lipinski definition) is 4. The van der Waals surface area contributed by atoms with E-state index in [0.717, 1.165) is 33.3 Å². The van der Waals surface area contributed by atoms with E-state index in [0.29, 0.717) is 18.5 Å². The van der Waals surface area contributed by atoms with Crippen LogP contribution in [-0.4, -0.2) is 44.1 Å². The molecule has 0 spiro atoms. The second kappa shape index (κ2) is 8.34. The normalized spacial score (nSPS) is 19.4. The van der Waals surface area contributed by atoms with Crippen LogP contribution in [-0.2, 0) is 22.6 Å². The number of nitrogens with one attached hydrogen (secondary N) is 1. The number of carbonyl (C=O) groups is 2. The van der Waals surface area contributed by atoms with E-state index in [9.17, 15) is 19.7 Å². The molecule has 8 heteroatoms. The molecule has 1 saturated heterocycles. The van der Waals surface area contributed by atoms with Crippen molar-refractivity contribution in [1.29, 1.82) is 0 Å². The molecule has 1 N–H and O–H groups in total. The molecule has 0 aliphatic carbocycles. The van der Waals surface area contributed by atoms with Crippen LogP contribution in [0.25, 0.3) is 10.9 Å². The zero-order valence-corrected chi connectivity index (χ0v) is 19.7. The molecule has 3 heterocycles. The van der Waals surface area contributed by atoms with Crippen LogP contribution in [0.1, 0.15) is 34.0 Å². The van der Waals surface area contributed by atoms with Crippen molar-refractivity contribution in [2.75, 3.05) is 6.54 Å². The molecule has 0 saturated carbocycles. The fourth-order valence-corrected chi connectivity index (χ4v) is 5.53. The highest BCUT2D eigenvalue weighted by Crippen LogP contribution is 2.43. The topological polar surface area (TPSA) is 99.5 Å². The number of non-ortho nitro benzene ring substituents is 1. The van der Waals surface area contributed by atoms with Crippen molar-refractivity contribution in [1.82, 2.24) is 14.8 Å². The summed E-state index contributed by atoms with van der Waals surface area (Å²) in [5.41, 5.74) is 5.34. The minimum Gasteiger partial charge on any atom is -0.356 e. The minimum absolute atomic E-state index is 0.0375. The van der Waals surface area contributed by atoms with Gasteiger partial charge in [0.1, 0.15) is 12.6 Å². The van der Waals surface area contributed by atoms with Crippen LogP contribution in [0.15, 0.2) is 72.8 Å². The number of nitro benzene ring substituents is 1. The molecule has 2 atom stereocenters. The van der Waals surface area contributed by atoms with E-state index in [2.05, 4.69) is 4.98 Å². The number of nitrogens with zero attached hydrogens (tertiary/aromatic N) is 3. The van der Waals surface area contributed by atoms with Crippen molar-refractivity contribution < 1.29 is 14.5 Å². The SMILES string of the molecule is Cc1ccc(CN2CC(=O)N3C(c4cccc([N+](=O)[O-])c4)c4[nH]c5ccccc5c4C[C@H]3C2=O)cc1. The predicted molar refractivity (Wildman–Crippen MR) is 134 cm³/mol. The zero-order valence-electron chi connectivity index (χ0n) is 19.7. The summed E-state index contributed by atoms with van der Waals surface area (Å²) in [6.07, 6.45) is 0.389. The van der Waals surface area contributed by atoms with E-state index in [1.54, 1.807) is 21.9 Å². The van der Waals surface area contributed by atoms with Crippen LogP contribution in [0.4, 0.5) is 5.69 Å². The molecule has 4 aromatic rings. The van der Waals surface area contributed by atoms with Crippen molar-refractivity contribution in [3.8, 4) is 0 Å². The first kappa shape index (κ1) is 22.0. The molecule has 180 valence electrons. The average molecular weight is 481 g/mol. The van der Waals surface area contributed by atoms with Gasteiger partial charge >= 0.3 is 0 Å². The van der Waals surface area contributed by atoms with Crippen molar-refractivity contribution >= 4 is 28.4 Å². The van der Waals surface area contributed by atoms with Gasteiger partial charge in [0.2, 0.25) is 11.8 Å². The van der Waals surface area contributed by atoms with Crippen LogP contribution in [0.2, 0.25) is 0 Å². The molecule has 1 fully saturated rings. The van der Waals surface area contributed by atoms with Gasteiger partial charge < -0.3 is 14.8 Å². The Kier molecular flexibility index (Phi) is 5.10. The summed E-state index contributed by atoms with van der Waals surface area (Å²) in [5.74, 6) is -0.283. The highest BCUT2D eigenvalue weighted by Gasteiger charge is 2.48. The lowest BCUT2D eigenvalue weighted by molar-refractivity contribution is -0.384. The predicted octanol–water partition coefficient (Wildman–Crippen LogP) is 4.27. The van der Waals surface area contributed by atoms with E-state index in [4.69, 9.17) is 0 Å². The van der Waals surface area contributed by atoms with Crippen molar-refractivity contribution in [2.45, 2.75) is 32.0 Å². The second-order valence-electron chi connectivity index (χ2n) is 9.52. The lowest BCUT2D eigenvalue weighted by Gasteiger charge is -2.47. The Morgan fingerprint density at radius 3 is 2.58 bits per heavy atom. The van der Waals surface area contributed by atoms with E-state index in [-0.39, 0.29) is 24.0 Å². The monoisotopic (exact) mass is 480 g/mol. The lowest BCUT2D eigenvalue weighted by Crippen LogP contribution is -2.62. The maximum atomic E-state index is 13.8. The summed E-state index contributed by atoms with van der Waals surface area (Å²) in [6, 6.07) is 20.8. The number of para-hydroxylation sites is 1. The maximum absolute atomic E-state index is 13.8.